The summed E-state index contributed by atoms with van der Waals surface area (Å²) in [4.78, 5) is 12.1. The van der Waals surface area contributed by atoms with Crippen LogP contribution in [0.5, 0.6) is 6.01 Å². The first-order valence-electron chi connectivity index (χ1n) is 5.08. The Balaban J connectivity index is 2.14. The molecule has 1 aliphatic rings. The molecule has 1 aliphatic carbocycles. The zero-order valence-corrected chi connectivity index (χ0v) is 9.61. The molecule has 0 bridgehead atoms. The van der Waals surface area contributed by atoms with Gasteiger partial charge in [0.1, 0.15) is 0 Å². The van der Waals surface area contributed by atoms with E-state index in [2.05, 4.69) is 39.5 Å². The quantitative estimate of drug-likeness (QED) is 0.502. The summed E-state index contributed by atoms with van der Waals surface area (Å²) in [7, 11) is 1.50. The number of nitrogens with two attached hydrogens (primary N) is 1. The average molecular weight is 224 g/mol. The van der Waals surface area contributed by atoms with Crippen LogP contribution in [0.2, 0.25) is 0 Å². The highest BCUT2D eigenvalue weighted by atomic mass is 16.5. The number of aromatic nitrogens is 3. The van der Waals surface area contributed by atoms with E-state index in [9.17, 15) is 0 Å². The van der Waals surface area contributed by atoms with Crippen LogP contribution in [0.3, 0.4) is 0 Å². The van der Waals surface area contributed by atoms with Gasteiger partial charge in [-0.05, 0) is 11.8 Å². The molecule has 2 rings (SSSR count). The van der Waals surface area contributed by atoms with E-state index in [-0.39, 0.29) is 12.0 Å². The standard InChI is InChI=1S/C9H16N6O/c1-9(2)4-5(9)11-6-12-7(15-10)14-8(13-6)16-3/h5H,4,10H2,1-3H3,(H2,11,12,13,14,15). The smallest absolute Gasteiger partial charge is 0.322 e. The van der Waals surface area contributed by atoms with Crippen molar-refractivity contribution in [2.24, 2.45) is 11.3 Å². The summed E-state index contributed by atoms with van der Waals surface area (Å²) in [6, 6.07) is 0.633. The van der Waals surface area contributed by atoms with Crippen molar-refractivity contribution >= 4 is 11.9 Å². The minimum atomic E-state index is 0.240. The van der Waals surface area contributed by atoms with Gasteiger partial charge in [-0.3, -0.25) is 5.43 Å². The molecule has 16 heavy (non-hydrogen) atoms. The number of nitrogen functional groups attached to an aromatic ring is 1. The van der Waals surface area contributed by atoms with Gasteiger partial charge >= 0.3 is 6.01 Å². The molecule has 0 saturated heterocycles. The molecule has 7 nitrogen and oxygen atoms in total. The summed E-state index contributed by atoms with van der Waals surface area (Å²) in [5.74, 6) is 6.02. The van der Waals surface area contributed by atoms with Gasteiger partial charge in [0.2, 0.25) is 11.9 Å². The van der Waals surface area contributed by atoms with Crippen molar-refractivity contribution < 1.29 is 4.74 Å². The van der Waals surface area contributed by atoms with E-state index in [0.717, 1.165) is 6.42 Å². The molecule has 1 atom stereocenters. The molecule has 1 saturated carbocycles. The number of hydrazine groups is 1. The van der Waals surface area contributed by atoms with Gasteiger partial charge in [0.05, 0.1) is 7.11 Å². The minimum Gasteiger partial charge on any atom is -0.467 e. The van der Waals surface area contributed by atoms with Gasteiger partial charge in [0.25, 0.3) is 0 Å². The number of rotatable bonds is 4. The van der Waals surface area contributed by atoms with Crippen molar-refractivity contribution in [3.05, 3.63) is 0 Å². The second-order valence-electron chi connectivity index (χ2n) is 4.50. The van der Waals surface area contributed by atoms with Crippen LogP contribution in [0.15, 0.2) is 0 Å². The van der Waals surface area contributed by atoms with E-state index >= 15 is 0 Å². The molecule has 1 fully saturated rings. The van der Waals surface area contributed by atoms with Gasteiger partial charge in [-0.15, -0.1) is 0 Å². The van der Waals surface area contributed by atoms with Gasteiger partial charge in [-0.25, -0.2) is 5.84 Å². The Hall–Kier alpha value is -1.63. The summed E-state index contributed by atoms with van der Waals surface area (Å²) >= 11 is 0. The minimum absolute atomic E-state index is 0.240. The fourth-order valence-corrected chi connectivity index (χ4v) is 1.45. The summed E-state index contributed by atoms with van der Waals surface area (Å²) in [6.07, 6.45) is 1.10. The Labute approximate surface area is 93.8 Å². The molecule has 0 aromatic carbocycles. The number of nitrogens with zero attached hydrogens (tertiary/aromatic N) is 3. The lowest BCUT2D eigenvalue weighted by molar-refractivity contribution is 0.379. The maximum Gasteiger partial charge on any atom is 0.322 e. The van der Waals surface area contributed by atoms with E-state index in [4.69, 9.17) is 10.6 Å². The summed E-state index contributed by atoms with van der Waals surface area (Å²) < 4.78 is 4.95. The third kappa shape index (κ3) is 2.13. The van der Waals surface area contributed by atoms with Crippen LogP contribution >= 0.6 is 0 Å². The molecule has 0 spiro atoms. The van der Waals surface area contributed by atoms with Crippen LogP contribution < -0.4 is 21.3 Å². The third-order valence-electron chi connectivity index (χ3n) is 2.74. The third-order valence-corrected chi connectivity index (χ3v) is 2.74. The number of hydrogen-bond donors (Lipinski definition) is 3. The first-order valence-corrected chi connectivity index (χ1v) is 5.08. The predicted octanol–water partition coefficient (Wildman–Crippen LogP) is 0.376. The zero-order chi connectivity index (χ0) is 11.8. The first-order chi connectivity index (χ1) is 7.55. The topological polar surface area (TPSA) is 98.0 Å². The second kappa shape index (κ2) is 3.75. The molecule has 1 aromatic heterocycles. The predicted molar refractivity (Wildman–Crippen MR) is 60.0 cm³/mol. The van der Waals surface area contributed by atoms with Crippen LogP contribution in [0, 0.1) is 5.41 Å². The molecule has 1 aromatic rings. The molecular formula is C9H16N6O. The Bertz CT molecular complexity index is 371. The number of anilines is 2. The van der Waals surface area contributed by atoms with Gasteiger partial charge in [0.15, 0.2) is 0 Å². The van der Waals surface area contributed by atoms with Crippen molar-refractivity contribution in [3.63, 3.8) is 0 Å². The van der Waals surface area contributed by atoms with Gasteiger partial charge in [0, 0.05) is 6.04 Å². The molecule has 0 aliphatic heterocycles. The fourth-order valence-electron chi connectivity index (χ4n) is 1.45. The van der Waals surface area contributed by atoms with Gasteiger partial charge < -0.3 is 10.1 Å². The van der Waals surface area contributed by atoms with E-state index in [1.54, 1.807) is 0 Å². The van der Waals surface area contributed by atoms with E-state index in [1.165, 1.54) is 7.11 Å². The second-order valence-corrected chi connectivity index (χ2v) is 4.50. The zero-order valence-electron chi connectivity index (χ0n) is 9.61. The molecular weight excluding hydrogens is 208 g/mol. The van der Waals surface area contributed by atoms with Crippen molar-refractivity contribution in [3.8, 4) is 6.01 Å². The van der Waals surface area contributed by atoms with Crippen molar-refractivity contribution in [2.75, 3.05) is 17.9 Å². The number of nitrogens with one attached hydrogen (secondary N) is 2. The SMILES string of the molecule is COc1nc(NN)nc(NC2CC2(C)C)n1. The number of hydrogen-bond acceptors (Lipinski definition) is 7. The highest BCUT2D eigenvalue weighted by Crippen LogP contribution is 2.46. The Morgan fingerprint density at radius 2 is 1.94 bits per heavy atom. The molecule has 4 N–H and O–H groups in total. The largest absolute Gasteiger partial charge is 0.467 e. The van der Waals surface area contributed by atoms with E-state index in [0.29, 0.717) is 17.4 Å². The number of methoxy groups -OCH3 is 1. The molecule has 88 valence electrons. The highest BCUT2D eigenvalue weighted by Gasteiger charge is 2.46. The van der Waals surface area contributed by atoms with E-state index < -0.39 is 0 Å². The van der Waals surface area contributed by atoms with Gasteiger partial charge in [-0.2, -0.15) is 15.0 Å². The Morgan fingerprint density at radius 1 is 1.31 bits per heavy atom. The Morgan fingerprint density at radius 3 is 2.44 bits per heavy atom. The Kier molecular flexibility index (Phi) is 2.55. The summed E-state index contributed by atoms with van der Waals surface area (Å²) in [5.41, 5.74) is 2.68. The van der Waals surface area contributed by atoms with Gasteiger partial charge in [-0.1, -0.05) is 13.8 Å². The summed E-state index contributed by atoms with van der Waals surface area (Å²) in [5, 5.41) is 3.22. The van der Waals surface area contributed by atoms with Crippen LogP contribution in [-0.4, -0.2) is 28.1 Å². The molecule has 0 radical (unpaired) electrons. The first kappa shape index (κ1) is 10.9. The molecule has 1 heterocycles. The maximum absolute atomic E-state index is 5.26. The fraction of sp³-hybridized carbons (Fsp3) is 0.667. The maximum atomic E-state index is 5.26. The van der Waals surface area contributed by atoms with E-state index in [1.807, 2.05) is 0 Å². The van der Waals surface area contributed by atoms with Crippen LogP contribution in [0.4, 0.5) is 11.9 Å². The normalized spacial score (nSPS) is 21.4. The van der Waals surface area contributed by atoms with Crippen LogP contribution in [0.1, 0.15) is 20.3 Å². The van der Waals surface area contributed by atoms with Crippen LogP contribution in [-0.2, 0) is 0 Å². The average Bonchev–Trinajstić information content (AvgIpc) is 2.85. The van der Waals surface area contributed by atoms with Crippen molar-refractivity contribution in [1.82, 2.24) is 15.0 Å². The van der Waals surface area contributed by atoms with Crippen molar-refractivity contribution in [2.45, 2.75) is 26.3 Å². The lowest BCUT2D eigenvalue weighted by atomic mass is 10.2. The number of ether oxygens (including phenoxy) is 1. The molecule has 0 amide bonds. The van der Waals surface area contributed by atoms with Crippen molar-refractivity contribution in [1.29, 1.82) is 0 Å². The summed E-state index contributed by atoms with van der Waals surface area (Å²) in [6.45, 7) is 4.37. The monoisotopic (exact) mass is 224 g/mol. The molecule has 1 unspecified atom stereocenters. The lowest BCUT2D eigenvalue weighted by Crippen LogP contribution is -2.16. The lowest BCUT2D eigenvalue weighted by Gasteiger charge is -2.08. The highest BCUT2D eigenvalue weighted by molar-refractivity contribution is 5.38. The molecule has 7 heteroatoms. The van der Waals surface area contributed by atoms with Crippen LogP contribution in [0.25, 0.3) is 0 Å².